The summed E-state index contributed by atoms with van der Waals surface area (Å²) in [4.78, 5) is 41.5. The molecule has 8 heteroatoms. The van der Waals surface area contributed by atoms with Crippen LogP contribution in [0.25, 0.3) is 10.8 Å². The SMILES string of the molecule is CCOc1ccc(NC(=O)N2CCN(C(=O)C(Cc3cccc4ccccc34)NC(C)=O)CC2)cc1. The maximum Gasteiger partial charge on any atom is 0.321 e. The summed E-state index contributed by atoms with van der Waals surface area (Å²) in [6.07, 6.45) is 0.401. The predicted molar refractivity (Wildman–Crippen MR) is 140 cm³/mol. The van der Waals surface area contributed by atoms with Gasteiger partial charge in [-0.05, 0) is 47.5 Å². The molecule has 1 aliphatic heterocycles. The second kappa shape index (κ2) is 11.6. The smallest absolute Gasteiger partial charge is 0.321 e. The quantitative estimate of drug-likeness (QED) is 0.531. The van der Waals surface area contributed by atoms with Gasteiger partial charge in [0.05, 0.1) is 6.61 Å². The van der Waals surface area contributed by atoms with Crippen LogP contribution in [0.2, 0.25) is 0 Å². The molecule has 3 aromatic carbocycles. The van der Waals surface area contributed by atoms with Crippen molar-refractivity contribution >= 4 is 34.3 Å². The van der Waals surface area contributed by atoms with Crippen molar-refractivity contribution in [3.8, 4) is 5.75 Å². The Hall–Kier alpha value is -4.07. The number of rotatable bonds is 7. The third kappa shape index (κ3) is 6.13. The van der Waals surface area contributed by atoms with Gasteiger partial charge in [0.15, 0.2) is 0 Å². The molecule has 8 nitrogen and oxygen atoms in total. The van der Waals surface area contributed by atoms with Crippen LogP contribution < -0.4 is 15.4 Å². The lowest BCUT2D eigenvalue weighted by Gasteiger charge is -2.36. The average Bonchev–Trinajstić information content (AvgIpc) is 2.89. The number of amides is 4. The standard InChI is InChI=1S/C28H32N4O4/c1-3-36-24-13-11-23(12-14-24)30-28(35)32-17-15-31(16-18-32)27(34)26(29-20(2)33)19-22-9-6-8-21-7-4-5-10-25(21)22/h4-14,26H,3,15-19H2,1-2H3,(H,29,33)(H,30,35). The largest absolute Gasteiger partial charge is 0.494 e. The number of carbonyl (C=O) groups is 3. The zero-order valence-electron chi connectivity index (χ0n) is 20.7. The fourth-order valence-corrected chi connectivity index (χ4v) is 4.49. The van der Waals surface area contributed by atoms with E-state index in [2.05, 4.69) is 10.6 Å². The molecule has 0 aliphatic carbocycles. The average molecular weight is 489 g/mol. The molecule has 4 amide bonds. The molecule has 0 saturated carbocycles. The molecule has 1 fully saturated rings. The van der Waals surface area contributed by atoms with Crippen LogP contribution in [0.3, 0.4) is 0 Å². The first-order valence-corrected chi connectivity index (χ1v) is 12.3. The van der Waals surface area contributed by atoms with Gasteiger partial charge >= 0.3 is 6.03 Å². The Morgan fingerprint density at radius 2 is 1.56 bits per heavy atom. The van der Waals surface area contributed by atoms with E-state index < -0.39 is 6.04 Å². The first-order valence-electron chi connectivity index (χ1n) is 12.3. The van der Waals surface area contributed by atoms with Crippen LogP contribution in [-0.4, -0.2) is 66.5 Å². The Balaban J connectivity index is 1.37. The Labute approximate surface area is 211 Å². The Morgan fingerprint density at radius 3 is 2.25 bits per heavy atom. The number of fused-ring (bicyclic) bond motifs is 1. The third-order valence-corrected chi connectivity index (χ3v) is 6.27. The highest BCUT2D eigenvalue weighted by atomic mass is 16.5. The minimum Gasteiger partial charge on any atom is -0.494 e. The van der Waals surface area contributed by atoms with Crippen LogP contribution in [-0.2, 0) is 16.0 Å². The lowest BCUT2D eigenvalue weighted by molar-refractivity contribution is -0.137. The van der Waals surface area contributed by atoms with Gasteiger partial charge in [-0.1, -0.05) is 42.5 Å². The fourth-order valence-electron chi connectivity index (χ4n) is 4.49. The molecule has 0 spiro atoms. The van der Waals surface area contributed by atoms with E-state index in [0.717, 1.165) is 22.1 Å². The van der Waals surface area contributed by atoms with Gasteiger partial charge in [0.25, 0.3) is 0 Å². The van der Waals surface area contributed by atoms with Crippen molar-refractivity contribution in [2.24, 2.45) is 0 Å². The number of ether oxygens (including phenoxy) is 1. The number of hydrogen-bond donors (Lipinski definition) is 2. The predicted octanol–water partition coefficient (Wildman–Crippen LogP) is 3.66. The molecule has 1 heterocycles. The molecule has 188 valence electrons. The Morgan fingerprint density at radius 1 is 0.889 bits per heavy atom. The molecule has 1 saturated heterocycles. The van der Waals surface area contributed by atoms with E-state index in [9.17, 15) is 14.4 Å². The van der Waals surface area contributed by atoms with Crippen molar-refractivity contribution in [3.63, 3.8) is 0 Å². The van der Waals surface area contributed by atoms with Crippen LogP contribution in [0, 0.1) is 0 Å². The van der Waals surface area contributed by atoms with Gasteiger partial charge in [-0.3, -0.25) is 9.59 Å². The third-order valence-electron chi connectivity index (χ3n) is 6.27. The molecule has 1 unspecified atom stereocenters. The van der Waals surface area contributed by atoms with Gasteiger partial charge in [-0.15, -0.1) is 0 Å². The number of hydrogen-bond acceptors (Lipinski definition) is 4. The zero-order valence-corrected chi connectivity index (χ0v) is 20.7. The molecule has 1 atom stereocenters. The molecule has 4 rings (SSSR count). The second-order valence-electron chi connectivity index (χ2n) is 8.80. The first-order chi connectivity index (χ1) is 17.4. The van der Waals surface area contributed by atoms with E-state index in [-0.39, 0.29) is 17.8 Å². The lowest BCUT2D eigenvalue weighted by atomic mass is 9.98. The van der Waals surface area contributed by atoms with E-state index in [1.807, 2.05) is 61.5 Å². The summed E-state index contributed by atoms with van der Waals surface area (Å²) in [6, 6.07) is 20.4. The zero-order chi connectivity index (χ0) is 25.5. The minimum atomic E-state index is -0.669. The summed E-state index contributed by atoms with van der Waals surface area (Å²) in [5.74, 6) is 0.367. The minimum absolute atomic E-state index is 0.135. The van der Waals surface area contributed by atoms with Crippen molar-refractivity contribution in [1.29, 1.82) is 0 Å². The summed E-state index contributed by atoms with van der Waals surface area (Å²) in [5.41, 5.74) is 1.69. The van der Waals surface area contributed by atoms with E-state index >= 15 is 0 Å². The molecule has 0 bridgehead atoms. The van der Waals surface area contributed by atoms with Crippen LogP contribution in [0.1, 0.15) is 19.4 Å². The summed E-state index contributed by atoms with van der Waals surface area (Å²) >= 11 is 0. The number of nitrogens with zero attached hydrogens (tertiary/aromatic N) is 2. The summed E-state index contributed by atoms with van der Waals surface area (Å²) < 4.78 is 5.43. The Bertz CT molecular complexity index is 1210. The number of piperazine rings is 1. The van der Waals surface area contributed by atoms with Gasteiger partial charge in [-0.25, -0.2) is 4.79 Å². The number of carbonyl (C=O) groups excluding carboxylic acids is 3. The van der Waals surface area contributed by atoms with E-state index in [1.165, 1.54) is 6.92 Å². The summed E-state index contributed by atoms with van der Waals surface area (Å²) in [7, 11) is 0. The van der Waals surface area contributed by atoms with E-state index in [0.29, 0.717) is 44.9 Å². The van der Waals surface area contributed by atoms with Gasteiger partial charge in [0.1, 0.15) is 11.8 Å². The van der Waals surface area contributed by atoms with Gasteiger partial charge in [-0.2, -0.15) is 0 Å². The number of urea groups is 1. The topological polar surface area (TPSA) is 91.0 Å². The maximum atomic E-state index is 13.4. The monoisotopic (exact) mass is 488 g/mol. The van der Waals surface area contributed by atoms with Gasteiger partial charge in [0, 0.05) is 45.2 Å². The highest BCUT2D eigenvalue weighted by Crippen LogP contribution is 2.21. The van der Waals surface area contributed by atoms with Crippen molar-refractivity contribution in [3.05, 3.63) is 72.3 Å². The van der Waals surface area contributed by atoms with Gasteiger partial charge < -0.3 is 25.2 Å². The lowest BCUT2D eigenvalue weighted by Crippen LogP contribution is -2.56. The second-order valence-corrected chi connectivity index (χ2v) is 8.80. The van der Waals surface area contributed by atoms with Crippen molar-refractivity contribution in [2.45, 2.75) is 26.3 Å². The Kier molecular flexibility index (Phi) is 8.05. The number of nitrogens with one attached hydrogen (secondary N) is 2. The molecule has 36 heavy (non-hydrogen) atoms. The van der Waals surface area contributed by atoms with E-state index in [1.54, 1.807) is 21.9 Å². The van der Waals surface area contributed by atoms with E-state index in [4.69, 9.17) is 4.74 Å². The molecule has 3 aromatic rings. The molecule has 0 aromatic heterocycles. The number of anilines is 1. The molecule has 0 radical (unpaired) electrons. The fraction of sp³-hybridized carbons (Fsp3) is 0.321. The van der Waals surface area contributed by atoms with Crippen LogP contribution >= 0.6 is 0 Å². The molecule has 1 aliphatic rings. The highest BCUT2D eigenvalue weighted by molar-refractivity contribution is 5.91. The normalized spacial score (nSPS) is 14.3. The van der Waals surface area contributed by atoms with Gasteiger partial charge in [0.2, 0.25) is 11.8 Å². The first kappa shape index (κ1) is 25.0. The summed E-state index contributed by atoms with van der Waals surface area (Å²) in [5, 5.41) is 7.89. The van der Waals surface area contributed by atoms with Crippen LogP contribution in [0.15, 0.2) is 66.7 Å². The van der Waals surface area contributed by atoms with Crippen LogP contribution in [0.4, 0.5) is 10.5 Å². The highest BCUT2D eigenvalue weighted by Gasteiger charge is 2.30. The molecular formula is C28H32N4O4. The summed E-state index contributed by atoms with van der Waals surface area (Å²) in [6.45, 7) is 5.56. The maximum absolute atomic E-state index is 13.4. The van der Waals surface area contributed by atoms with Crippen molar-refractivity contribution < 1.29 is 19.1 Å². The van der Waals surface area contributed by atoms with Crippen molar-refractivity contribution in [2.75, 3.05) is 38.1 Å². The van der Waals surface area contributed by atoms with Crippen molar-refractivity contribution in [1.82, 2.24) is 15.1 Å². The molecule has 2 N–H and O–H groups in total. The number of benzene rings is 3. The van der Waals surface area contributed by atoms with Crippen LogP contribution in [0.5, 0.6) is 5.75 Å². The molecular weight excluding hydrogens is 456 g/mol.